The molecule has 1 aromatic rings. The number of benzene rings is 1. The molecule has 1 aliphatic rings. The number of rotatable bonds is 5. The molecule has 0 aromatic heterocycles. The molecule has 2 nitrogen and oxygen atoms in total. The maximum Gasteiger partial charge on any atom is 0.0295 e. The molecule has 1 heterocycles. The van der Waals surface area contributed by atoms with E-state index in [1.807, 2.05) is 0 Å². The minimum atomic E-state index is 0.444. The molecule has 2 heteroatoms. The van der Waals surface area contributed by atoms with Gasteiger partial charge < -0.3 is 5.32 Å². The lowest BCUT2D eigenvalue weighted by Crippen LogP contribution is -2.38. The summed E-state index contributed by atoms with van der Waals surface area (Å²) in [5, 5.41) is 3.73. The molecule has 0 amide bonds. The molecule has 1 aliphatic heterocycles. The lowest BCUT2D eigenvalue weighted by Gasteiger charge is -2.25. The number of aryl methyl sites for hydroxylation is 2. The van der Waals surface area contributed by atoms with E-state index in [0.717, 1.165) is 12.6 Å². The summed E-state index contributed by atoms with van der Waals surface area (Å²) in [6.45, 7) is 12.5. The second-order valence-electron chi connectivity index (χ2n) is 5.91. The average Bonchev–Trinajstić information content (AvgIpc) is 2.86. The Morgan fingerprint density at radius 3 is 2.89 bits per heavy atom. The topological polar surface area (TPSA) is 15.3 Å². The fourth-order valence-electron chi connectivity index (χ4n) is 3.19. The number of nitrogens with zero attached hydrogens (tertiary/aromatic N) is 1. The number of hydrogen-bond acceptors (Lipinski definition) is 2. The van der Waals surface area contributed by atoms with Gasteiger partial charge in [0, 0.05) is 18.6 Å². The lowest BCUT2D eigenvalue weighted by molar-refractivity contribution is 0.255. The normalized spacial score (nSPS) is 21.8. The first-order valence-corrected chi connectivity index (χ1v) is 7.66. The van der Waals surface area contributed by atoms with Crippen LogP contribution in [-0.4, -0.2) is 30.6 Å². The van der Waals surface area contributed by atoms with Gasteiger partial charge in [0.05, 0.1) is 0 Å². The van der Waals surface area contributed by atoms with Crippen molar-refractivity contribution in [2.75, 3.05) is 19.6 Å². The Morgan fingerprint density at radius 1 is 1.37 bits per heavy atom. The van der Waals surface area contributed by atoms with E-state index in [1.54, 1.807) is 0 Å². The third kappa shape index (κ3) is 3.58. The fraction of sp³-hybridized carbons (Fsp3) is 0.647. The van der Waals surface area contributed by atoms with Crippen molar-refractivity contribution in [1.29, 1.82) is 0 Å². The van der Waals surface area contributed by atoms with Gasteiger partial charge in [0.15, 0.2) is 0 Å². The zero-order valence-electron chi connectivity index (χ0n) is 12.9. The SMILES string of the molecule is CCN1CCCC1CNC(C)c1cc(C)ccc1C. The molecule has 1 aromatic carbocycles. The van der Waals surface area contributed by atoms with Gasteiger partial charge in [-0.25, -0.2) is 0 Å². The predicted octanol–water partition coefficient (Wildman–Crippen LogP) is 3.44. The Hall–Kier alpha value is -0.860. The molecule has 1 fully saturated rings. The summed E-state index contributed by atoms with van der Waals surface area (Å²) in [5.41, 5.74) is 4.19. The molecule has 0 spiro atoms. The van der Waals surface area contributed by atoms with Crippen molar-refractivity contribution in [1.82, 2.24) is 10.2 Å². The predicted molar refractivity (Wildman–Crippen MR) is 82.6 cm³/mol. The molecule has 0 bridgehead atoms. The molecule has 2 rings (SSSR count). The molecular formula is C17H28N2. The van der Waals surface area contributed by atoms with Crippen molar-refractivity contribution in [2.24, 2.45) is 0 Å². The average molecular weight is 260 g/mol. The number of likely N-dealkylation sites (tertiary alicyclic amines) is 1. The molecule has 0 aliphatic carbocycles. The molecule has 106 valence electrons. The van der Waals surface area contributed by atoms with E-state index in [0.29, 0.717) is 6.04 Å². The van der Waals surface area contributed by atoms with Crippen LogP contribution >= 0.6 is 0 Å². The number of nitrogens with one attached hydrogen (secondary N) is 1. The highest BCUT2D eigenvalue weighted by Gasteiger charge is 2.23. The van der Waals surface area contributed by atoms with Crippen molar-refractivity contribution in [3.05, 3.63) is 34.9 Å². The second-order valence-corrected chi connectivity index (χ2v) is 5.91. The highest BCUT2D eigenvalue weighted by Crippen LogP contribution is 2.21. The summed E-state index contributed by atoms with van der Waals surface area (Å²) in [6.07, 6.45) is 2.71. The van der Waals surface area contributed by atoms with Gasteiger partial charge in [0.25, 0.3) is 0 Å². The first-order valence-electron chi connectivity index (χ1n) is 7.66. The van der Waals surface area contributed by atoms with Gasteiger partial charge in [-0.1, -0.05) is 30.7 Å². The van der Waals surface area contributed by atoms with Crippen LogP contribution in [0.2, 0.25) is 0 Å². The first kappa shape index (κ1) is 14.5. The number of hydrogen-bond donors (Lipinski definition) is 1. The fourth-order valence-corrected chi connectivity index (χ4v) is 3.19. The van der Waals surface area contributed by atoms with Crippen LogP contribution in [-0.2, 0) is 0 Å². The van der Waals surface area contributed by atoms with Gasteiger partial charge in [-0.2, -0.15) is 0 Å². The zero-order valence-corrected chi connectivity index (χ0v) is 12.9. The van der Waals surface area contributed by atoms with Gasteiger partial charge in [-0.3, -0.25) is 4.90 Å². The molecule has 1 saturated heterocycles. The highest BCUT2D eigenvalue weighted by atomic mass is 15.2. The van der Waals surface area contributed by atoms with Gasteiger partial charge >= 0.3 is 0 Å². The van der Waals surface area contributed by atoms with Crippen LogP contribution in [0.4, 0.5) is 0 Å². The summed E-state index contributed by atoms with van der Waals surface area (Å²) in [5.74, 6) is 0. The molecule has 0 radical (unpaired) electrons. The van der Waals surface area contributed by atoms with Crippen molar-refractivity contribution < 1.29 is 0 Å². The van der Waals surface area contributed by atoms with Crippen molar-refractivity contribution in [3.8, 4) is 0 Å². The summed E-state index contributed by atoms with van der Waals surface area (Å²) < 4.78 is 0. The van der Waals surface area contributed by atoms with E-state index in [4.69, 9.17) is 0 Å². The molecule has 2 atom stereocenters. The molecule has 0 saturated carbocycles. The molecule has 1 N–H and O–H groups in total. The highest BCUT2D eigenvalue weighted by molar-refractivity contribution is 5.32. The van der Waals surface area contributed by atoms with E-state index in [-0.39, 0.29) is 0 Å². The molecule has 19 heavy (non-hydrogen) atoms. The molecular weight excluding hydrogens is 232 g/mol. The minimum absolute atomic E-state index is 0.444. The zero-order chi connectivity index (χ0) is 13.8. The van der Waals surface area contributed by atoms with Gasteiger partial charge in [-0.15, -0.1) is 0 Å². The number of likely N-dealkylation sites (N-methyl/N-ethyl adjacent to an activating group) is 1. The Balaban J connectivity index is 1.93. The van der Waals surface area contributed by atoms with Crippen molar-refractivity contribution >= 4 is 0 Å². The monoisotopic (exact) mass is 260 g/mol. The lowest BCUT2D eigenvalue weighted by atomic mass is 10.00. The van der Waals surface area contributed by atoms with Gasteiger partial charge in [-0.05, 0) is 57.8 Å². The van der Waals surface area contributed by atoms with Crippen molar-refractivity contribution in [2.45, 2.75) is 52.6 Å². The van der Waals surface area contributed by atoms with E-state index in [9.17, 15) is 0 Å². The maximum atomic E-state index is 3.73. The van der Waals surface area contributed by atoms with Crippen LogP contribution in [0.5, 0.6) is 0 Å². The Morgan fingerprint density at radius 2 is 2.16 bits per heavy atom. The Bertz CT molecular complexity index is 414. The minimum Gasteiger partial charge on any atom is -0.309 e. The summed E-state index contributed by atoms with van der Waals surface area (Å²) in [4.78, 5) is 2.60. The van der Waals surface area contributed by atoms with Gasteiger partial charge in [0.2, 0.25) is 0 Å². The third-order valence-corrected chi connectivity index (χ3v) is 4.47. The smallest absolute Gasteiger partial charge is 0.0295 e. The quantitative estimate of drug-likeness (QED) is 0.872. The summed E-state index contributed by atoms with van der Waals surface area (Å²) >= 11 is 0. The van der Waals surface area contributed by atoms with E-state index < -0.39 is 0 Å². The van der Waals surface area contributed by atoms with Crippen molar-refractivity contribution in [3.63, 3.8) is 0 Å². The van der Waals surface area contributed by atoms with Crippen LogP contribution in [0, 0.1) is 13.8 Å². The van der Waals surface area contributed by atoms with Crippen LogP contribution < -0.4 is 5.32 Å². The van der Waals surface area contributed by atoms with Crippen LogP contribution in [0.25, 0.3) is 0 Å². The maximum absolute atomic E-state index is 3.73. The Kier molecular flexibility index (Phi) is 5.00. The second kappa shape index (κ2) is 6.53. The van der Waals surface area contributed by atoms with E-state index in [1.165, 1.54) is 42.6 Å². The van der Waals surface area contributed by atoms with Crippen LogP contribution in [0.15, 0.2) is 18.2 Å². The first-order chi connectivity index (χ1) is 9.11. The van der Waals surface area contributed by atoms with Crippen LogP contribution in [0.1, 0.15) is 49.4 Å². The summed E-state index contributed by atoms with van der Waals surface area (Å²) in [6, 6.07) is 7.92. The van der Waals surface area contributed by atoms with E-state index >= 15 is 0 Å². The standard InChI is InChI=1S/C17H28N2/c1-5-19-10-6-7-16(19)12-18-15(4)17-11-13(2)8-9-14(17)3/h8-9,11,15-16,18H,5-7,10,12H2,1-4H3. The van der Waals surface area contributed by atoms with Crippen LogP contribution in [0.3, 0.4) is 0 Å². The Labute approximate surface area is 118 Å². The van der Waals surface area contributed by atoms with Gasteiger partial charge in [0.1, 0.15) is 0 Å². The van der Waals surface area contributed by atoms with E-state index in [2.05, 4.69) is 56.1 Å². The molecule has 2 unspecified atom stereocenters. The summed E-state index contributed by atoms with van der Waals surface area (Å²) in [7, 11) is 0. The third-order valence-electron chi connectivity index (χ3n) is 4.47. The largest absolute Gasteiger partial charge is 0.309 e.